The first-order valence-corrected chi connectivity index (χ1v) is 8.45. The number of nitrogens with zero attached hydrogens (tertiary/aromatic N) is 2. The van der Waals surface area contributed by atoms with Crippen LogP contribution >= 0.6 is 0 Å². The van der Waals surface area contributed by atoms with E-state index in [2.05, 4.69) is 0 Å². The average molecular weight is 354 g/mol. The molecule has 26 heavy (non-hydrogen) atoms. The van der Waals surface area contributed by atoms with Crippen molar-refractivity contribution in [3.05, 3.63) is 60.2 Å². The molecule has 0 aromatic heterocycles. The number of carbonyl (C=O) groups excluding carboxylic acids is 2. The van der Waals surface area contributed by atoms with E-state index < -0.39 is 6.10 Å². The maximum absolute atomic E-state index is 12.8. The Balaban J connectivity index is 1.74. The molecule has 2 aromatic carbocycles. The van der Waals surface area contributed by atoms with Crippen molar-refractivity contribution in [1.29, 1.82) is 0 Å². The van der Waals surface area contributed by atoms with E-state index in [4.69, 9.17) is 9.47 Å². The number of rotatable bonds is 5. The predicted molar refractivity (Wildman–Crippen MR) is 98.1 cm³/mol. The highest BCUT2D eigenvalue weighted by atomic mass is 16.5. The zero-order chi connectivity index (χ0) is 18.5. The van der Waals surface area contributed by atoms with Crippen LogP contribution in [0.4, 0.5) is 5.69 Å². The van der Waals surface area contributed by atoms with Crippen LogP contribution in [0.3, 0.4) is 0 Å². The SMILES string of the molecule is COc1ccccc1N1CCN(C(=O)[C@@H](OC)c2ccccc2)CC1=O. The normalized spacial score (nSPS) is 15.7. The third kappa shape index (κ3) is 3.55. The van der Waals surface area contributed by atoms with Crippen LogP contribution in [0.1, 0.15) is 11.7 Å². The molecular weight excluding hydrogens is 332 g/mol. The smallest absolute Gasteiger partial charge is 0.256 e. The predicted octanol–water partition coefficient (Wildman–Crippen LogP) is 2.26. The fourth-order valence-corrected chi connectivity index (χ4v) is 3.14. The zero-order valence-corrected chi connectivity index (χ0v) is 14.9. The number of para-hydroxylation sites is 2. The van der Waals surface area contributed by atoms with Crippen LogP contribution in [-0.4, -0.2) is 50.6 Å². The summed E-state index contributed by atoms with van der Waals surface area (Å²) in [5, 5.41) is 0. The van der Waals surface area contributed by atoms with Crippen molar-refractivity contribution >= 4 is 17.5 Å². The molecule has 6 heteroatoms. The lowest BCUT2D eigenvalue weighted by Gasteiger charge is -2.36. The van der Waals surface area contributed by atoms with Gasteiger partial charge in [0, 0.05) is 20.2 Å². The highest BCUT2D eigenvalue weighted by Gasteiger charge is 2.33. The summed E-state index contributed by atoms with van der Waals surface area (Å²) < 4.78 is 10.7. The standard InChI is InChI=1S/C20H22N2O4/c1-25-17-11-7-6-10-16(17)22-13-12-21(14-18(22)23)20(24)19(26-2)15-8-4-3-5-9-15/h3-11,19H,12-14H2,1-2H3/t19-/m0/s1. The van der Waals surface area contributed by atoms with Crippen molar-refractivity contribution < 1.29 is 19.1 Å². The molecule has 1 heterocycles. The fourth-order valence-electron chi connectivity index (χ4n) is 3.14. The first-order chi connectivity index (χ1) is 12.7. The highest BCUT2D eigenvalue weighted by molar-refractivity contribution is 5.99. The van der Waals surface area contributed by atoms with Gasteiger partial charge in [0.2, 0.25) is 5.91 Å². The van der Waals surface area contributed by atoms with Gasteiger partial charge in [-0.05, 0) is 17.7 Å². The van der Waals surface area contributed by atoms with E-state index in [1.54, 1.807) is 16.9 Å². The van der Waals surface area contributed by atoms with Gasteiger partial charge in [-0.25, -0.2) is 0 Å². The van der Waals surface area contributed by atoms with Gasteiger partial charge in [-0.15, -0.1) is 0 Å². The lowest BCUT2D eigenvalue weighted by molar-refractivity contribution is -0.146. The van der Waals surface area contributed by atoms with Crippen molar-refractivity contribution in [3.8, 4) is 5.75 Å². The van der Waals surface area contributed by atoms with Gasteiger partial charge in [-0.1, -0.05) is 42.5 Å². The Hall–Kier alpha value is -2.86. The van der Waals surface area contributed by atoms with Gasteiger partial charge in [0.05, 0.1) is 12.8 Å². The first-order valence-electron chi connectivity index (χ1n) is 8.45. The van der Waals surface area contributed by atoms with E-state index in [9.17, 15) is 9.59 Å². The molecule has 3 rings (SSSR count). The van der Waals surface area contributed by atoms with E-state index in [-0.39, 0.29) is 18.4 Å². The molecule has 6 nitrogen and oxygen atoms in total. The number of amides is 2. The summed E-state index contributed by atoms with van der Waals surface area (Å²) in [4.78, 5) is 28.7. The number of benzene rings is 2. The average Bonchev–Trinajstić information content (AvgIpc) is 2.69. The molecule has 0 bridgehead atoms. The van der Waals surface area contributed by atoms with Gasteiger partial charge in [0.15, 0.2) is 6.10 Å². The molecule has 0 radical (unpaired) electrons. The molecule has 0 unspecified atom stereocenters. The summed E-state index contributed by atoms with van der Waals surface area (Å²) >= 11 is 0. The van der Waals surface area contributed by atoms with Crippen molar-refractivity contribution in [2.75, 3.05) is 38.8 Å². The number of methoxy groups -OCH3 is 2. The number of hydrogen-bond acceptors (Lipinski definition) is 4. The highest BCUT2D eigenvalue weighted by Crippen LogP contribution is 2.29. The van der Waals surface area contributed by atoms with Crippen LogP contribution < -0.4 is 9.64 Å². The molecule has 0 aliphatic carbocycles. The third-order valence-electron chi connectivity index (χ3n) is 4.47. The molecule has 1 fully saturated rings. The summed E-state index contributed by atoms with van der Waals surface area (Å²) in [5.74, 6) is 0.295. The molecule has 0 spiro atoms. The van der Waals surface area contributed by atoms with Gasteiger partial charge in [-0.3, -0.25) is 9.59 Å². The summed E-state index contributed by atoms with van der Waals surface area (Å²) in [5.41, 5.74) is 1.50. The van der Waals surface area contributed by atoms with Crippen LogP contribution in [0.2, 0.25) is 0 Å². The summed E-state index contributed by atoms with van der Waals surface area (Å²) in [6, 6.07) is 16.7. The quantitative estimate of drug-likeness (QED) is 0.826. The lowest BCUT2D eigenvalue weighted by Crippen LogP contribution is -2.53. The zero-order valence-electron chi connectivity index (χ0n) is 14.9. The van der Waals surface area contributed by atoms with E-state index >= 15 is 0 Å². The fraction of sp³-hybridized carbons (Fsp3) is 0.300. The van der Waals surface area contributed by atoms with E-state index in [1.165, 1.54) is 7.11 Å². The Labute approximate surface area is 152 Å². The second-order valence-corrected chi connectivity index (χ2v) is 6.00. The monoisotopic (exact) mass is 354 g/mol. The number of carbonyl (C=O) groups is 2. The van der Waals surface area contributed by atoms with E-state index in [1.807, 2.05) is 54.6 Å². The van der Waals surface area contributed by atoms with Gasteiger partial charge >= 0.3 is 0 Å². The summed E-state index contributed by atoms with van der Waals surface area (Å²) in [7, 11) is 3.08. The van der Waals surface area contributed by atoms with Crippen molar-refractivity contribution in [2.45, 2.75) is 6.10 Å². The first kappa shape index (κ1) is 17.9. The molecule has 2 amide bonds. The summed E-state index contributed by atoms with van der Waals surface area (Å²) in [6.07, 6.45) is -0.707. The molecule has 0 N–H and O–H groups in total. The van der Waals surface area contributed by atoms with Gasteiger partial charge in [0.1, 0.15) is 12.3 Å². The molecule has 136 valence electrons. The van der Waals surface area contributed by atoms with Crippen LogP contribution in [0.15, 0.2) is 54.6 Å². The second-order valence-electron chi connectivity index (χ2n) is 6.00. The van der Waals surface area contributed by atoms with E-state index in [0.717, 1.165) is 11.3 Å². The van der Waals surface area contributed by atoms with Crippen molar-refractivity contribution in [3.63, 3.8) is 0 Å². The maximum Gasteiger partial charge on any atom is 0.256 e. The Morgan fingerprint density at radius 1 is 1.00 bits per heavy atom. The van der Waals surface area contributed by atoms with Gasteiger partial charge in [-0.2, -0.15) is 0 Å². The number of anilines is 1. The second kappa shape index (κ2) is 8.01. The largest absolute Gasteiger partial charge is 0.495 e. The molecule has 2 aromatic rings. The Morgan fingerprint density at radius 3 is 2.35 bits per heavy atom. The molecule has 1 saturated heterocycles. The Kier molecular flexibility index (Phi) is 5.53. The Morgan fingerprint density at radius 2 is 1.69 bits per heavy atom. The minimum absolute atomic E-state index is 0.0174. The number of hydrogen-bond donors (Lipinski definition) is 0. The topological polar surface area (TPSA) is 59.1 Å². The van der Waals surface area contributed by atoms with Crippen LogP contribution in [0.5, 0.6) is 5.75 Å². The van der Waals surface area contributed by atoms with Crippen LogP contribution in [0.25, 0.3) is 0 Å². The molecular formula is C20H22N2O4. The molecule has 1 aliphatic heterocycles. The third-order valence-corrected chi connectivity index (χ3v) is 4.47. The lowest BCUT2D eigenvalue weighted by atomic mass is 10.1. The van der Waals surface area contributed by atoms with Gasteiger partial charge in [0.25, 0.3) is 5.91 Å². The van der Waals surface area contributed by atoms with Crippen LogP contribution in [0, 0.1) is 0 Å². The number of piperazine rings is 1. The summed E-state index contributed by atoms with van der Waals surface area (Å²) in [6.45, 7) is 0.870. The minimum Gasteiger partial charge on any atom is -0.495 e. The van der Waals surface area contributed by atoms with Gasteiger partial charge < -0.3 is 19.3 Å². The van der Waals surface area contributed by atoms with Crippen LogP contribution in [-0.2, 0) is 14.3 Å². The minimum atomic E-state index is -0.707. The number of ether oxygens (including phenoxy) is 2. The molecule has 1 atom stereocenters. The van der Waals surface area contributed by atoms with Crippen molar-refractivity contribution in [2.24, 2.45) is 0 Å². The maximum atomic E-state index is 12.8. The van der Waals surface area contributed by atoms with Crippen molar-refractivity contribution in [1.82, 2.24) is 4.90 Å². The Bertz CT molecular complexity index is 778. The molecule has 0 saturated carbocycles. The van der Waals surface area contributed by atoms with E-state index in [0.29, 0.717) is 18.8 Å². The molecule has 1 aliphatic rings.